The summed E-state index contributed by atoms with van der Waals surface area (Å²) in [6.07, 6.45) is 0. The number of furan rings is 1. The Labute approximate surface area is 112 Å². The maximum absolute atomic E-state index is 13.4. The fraction of sp³-hybridized carbons (Fsp3) is 0.167. The molecule has 2 aromatic rings. The van der Waals surface area contributed by atoms with Crippen LogP contribution in [0.4, 0.5) is 4.39 Å². The molecule has 1 aromatic heterocycles. The summed E-state index contributed by atoms with van der Waals surface area (Å²) in [6.45, 7) is 0. The summed E-state index contributed by atoms with van der Waals surface area (Å²) in [6, 6.07) is 8.04. The molecule has 5 heteroatoms. The number of halogens is 3. The molecule has 0 fully saturated rings. The number of benzene rings is 1. The minimum Gasteiger partial charge on any atom is -0.452 e. The minimum absolute atomic E-state index is 0.111. The first-order valence-corrected chi connectivity index (χ1v) is 6.17. The average Bonchev–Trinajstić information content (AvgIpc) is 2.72. The van der Waals surface area contributed by atoms with E-state index in [4.69, 9.17) is 16.0 Å². The van der Waals surface area contributed by atoms with E-state index in [1.54, 1.807) is 25.2 Å². The van der Waals surface area contributed by atoms with Crippen LogP contribution in [0.25, 0.3) is 0 Å². The minimum atomic E-state index is -0.435. The molecule has 1 atom stereocenters. The van der Waals surface area contributed by atoms with Crippen molar-refractivity contribution >= 4 is 27.5 Å². The third kappa shape index (κ3) is 2.54. The topological polar surface area (TPSA) is 25.2 Å². The van der Waals surface area contributed by atoms with Crippen molar-refractivity contribution in [2.45, 2.75) is 6.04 Å². The predicted molar refractivity (Wildman–Crippen MR) is 68.7 cm³/mol. The van der Waals surface area contributed by atoms with E-state index >= 15 is 0 Å². The van der Waals surface area contributed by atoms with Gasteiger partial charge in [0.05, 0.1) is 11.1 Å². The first kappa shape index (κ1) is 12.6. The molecule has 0 aliphatic carbocycles. The number of nitrogens with one attached hydrogen (secondary N) is 1. The Morgan fingerprint density at radius 1 is 1.35 bits per heavy atom. The van der Waals surface area contributed by atoms with E-state index in [1.165, 1.54) is 6.07 Å². The number of hydrogen-bond donors (Lipinski definition) is 1. The lowest BCUT2D eigenvalue weighted by Crippen LogP contribution is -2.17. The summed E-state index contributed by atoms with van der Waals surface area (Å²) in [4.78, 5) is 0. The van der Waals surface area contributed by atoms with E-state index in [9.17, 15) is 4.39 Å². The molecule has 0 radical (unpaired) electrons. The second-order valence-electron chi connectivity index (χ2n) is 3.51. The van der Waals surface area contributed by atoms with Gasteiger partial charge in [-0.05, 0) is 46.7 Å². The van der Waals surface area contributed by atoms with Crippen molar-refractivity contribution < 1.29 is 8.81 Å². The van der Waals surface area contributed by atoms with Gasteiger partial charge in [-0.25, -0.2) is 4.39 Å². The molecule has 0 aliphatic heterocycles. The van der Waals surface area contributed by atoms with Gasteiger partial charge in [-0.1, -0.05) is 23.7 Å². The molecule has 1 aromatic carbocycles. The van der Waals surface area contributed by atoms with Crippen molar-refractivity contribution in [2.24, 2.45) is 0 Å². The van der Waals surface area contributed by atoms with Crippen LogP contribution >= 0.6 is 27.5 Å². The van der Waals surface area contributed by atoms with Gasteiger partial charge >= 0.3 is 0 Å². The van der Waals surface area contributed by atoms with E-state index < -0.39 is 5.82 Å². The average molecular weight is 319 g/mol. The van der Waals surface area contributed by atoms with E-state index in [2.05, 4.69) is 21.2 Å². The van der Waals surface area contributed by atoms with Crippen LogP contribution in [0.2, 0.25) is 5.02 Å². The molecule has 17 heavy (non-hydrogen) atoms. The van der Waals surface area contributed by atoms with Crippen molar-refractivity contribution in [3.63, 3.8) is 0 Å². The highest BCUT2D eigenvalue weighted by atomic mass is 79.9. The van der Waals surface area contributed by atoms with Gasteiger partial charge in [0, 0.05) is 0 Å². The third-order valence-corrected chi connectivity index (χ3v) is 3.28. The summed E-state index contributed by atoms with van der Waals surface area (Å²) in [5.74, 6) is 0.238. The molecule has 2 rings (SSSR count). The Balaban J connectivity index is 2.45. The van der Waals surface area contributed by atoms with Gasteiger partial charge in [0.2, 0.25) is 0 Å². The predicted octanol–water partition coefficient (Wildman–Crippen LogP) is 4.14. The maximum Gasteiger partial charge on any atom is 0.169 e. The first-order valence-electron chi connectivity index (χ1n) is 5.00. The highest BCUT2D eigenvalue weighted by Crippen LogP contribution is 2.31. The van der Waals surface area contributed by atoms with Gasteiger partial charge in [-0.15, -0.1) is 0 Å². The van der Waals surface area contributed by atoms with Crippen molar-refractivity contribution in [3.05, 3.63) is 57.2 Å². The SMILES string of the molecule is CNC(c1ccc(Br)o1)c1cccc(F)c1Cl. The van der Waals surface area contributed by atoms with Gasteiger partial charge in [0.25, 0.3) is 0 Å². The fourth-order valence-corrected chi connectivity index (χ4v) is 2.23. The van der Waals surface area contributed by atoms with Crippen LogP contribution in [0, 0.1) is 5.82 Å². The lowest BCUT2D eigenvalue weighted by atomic mass is 10.0. The molecule has 1 N–H and O–H groups in total. The second kappa shape index (κ2) is 5.21. The van der Waals surface area contributed by atoms with Crippen LogP contribution < -0.4 is 5.32 Å². The molecule has 0 aliphatic rings. The Kier molecular flexibility index (Phi) is 3.86. The van der Waals surface area contributed by atoms with E-state index in [-0.39, 0.29) is 11.1 Å². The largest absolute Gasteiger partial charge is 0.452 e. The lowest BCUT2D eigenvalue weighted by Gasteiger charge is -2.15. The summed E-state index contributed by atoms with van der Waals surface area (Å²) < 4.78 is 19.5. The van der Waals surface area contributed by atoms with Crippen LogP contribution in [-0.2, 0) is 0 Å². The molecule has 0 saturated carbocycles. The van der Waals surface area contributed by atoms with Crippen molar-refractivity contribution in [1.82, 2.24) is 5.32 Å². The fourth-order valence-electron chi connectivity index (χ4n) is 1.68. The summed E-state index contributed by atoms with van der Waals surface area (Å²) >= 11 is 9.19. The molecule has 1 unspecified atom stereocenters. The van der Waals surface area contributed by atoms with Crippen LogP contribution in [0.15, 0.2) is 39.4 Å². The van der Waals surface area contributed by atoms with Gasteiger partial charge in [-0.2, -0.15) is 0 Å². The second-order valence-corrected chi connectivity index (χ2v) is 4.67. The monoisotopic (exact) mass is 317 g/mol. The number of hydrogen-bond acceptors (Lipinski definition) is 2. The summed E-state index contributed by atoms with van der Waals surface area (Å²) in [7, 11) is 1.77. The van der Waals surface area contributed by atoms with Crippen LogP contribution in [0.5, 0.6) is 0 Å². The maximum atomic E-state index is 13.4. The molecule has 2 nitrogen and oxygen atoms in total. The smallest absolute Gasteiger partial charge is 0.169 e. The highest BCUT2D eigenvalue weighted by Gasteiger charge is 2.20. The van der Waals surface area contributed by atoms with Gasteiger partial charge in [-0.3, -0.25) is 0 Å². The normalized spacial score (nSPS) is 12.7. The molecule has 0 bridgehead atoms. The Hall–Kier alpha value is -0.840. The van der Waals surface area contributed by atoms with E-state index in [0.717, 1.165) is 0 Å². The summed E-state index contributed by atoms with van der Waals surface area (Å²) in [5, 5.41) is 3.16. The van der Waals surface area contributed by atoms with Gasteiger partial charge < -0.3 is 9.73 Å². The Morgan fingerprint density at radius 2 is 2.12 bits per heavy atom. The zero-order valence-electron chi connectivity index (χ0n) is 9.01. The molecule has 90 valence electrons. The van der Waals surface area contributed by atoms with Crippen LogP contribution in [-0.4, -0.2) is 7.05 Å². The molecule has 1 heterocycles. The highest BCUT2D eigenvalue weighted by molar-refractivity contribution is 9.10. The number of rotatable bonds is 3. The van der Waals surface area contributed by atoms with E-state index in [1.807, 2.05) is 6.07 Å². The van der Waals surface area contributed by atoms with Gasteiger partial charge in [0.15, 0.2) is 4.67 Å². The van der Waals surface area contributed by atoms with Crippen molar-refractivity contribution in [3.8, 4) is 0 Å². The quantitative estimate of drug-likeness (QED) is 0.920. The van der Waals surface area contributed by atoms with Crippen molar-refractivity contribution in [2.75, 3.05) is 7.05 Å². The van der Waals surface area contributed by atoms with Crippen LogP contribution in [0.1, 0.15) is 17.4 Å². The lowest BCUT2D eigenvalue weighted by molar-refractivity contribution is 0.446. The standard InChI is InChI=1S/C12H10BrClFNO/c1-16-12(9-5-6-10(13)17-9)7-3-2-4-8(15)11(7)14/h2-6,12,16H,1H3. The molecule has 0 spiro atoms. The van der Waals surface area contributed by atoms with E-state index in [0.29, 0.717) is 16.0 Å². The van der Waals surface area contributed by atoms with Crippen LogP contribution in [0.3, 0.4) is 0 Å². The van der Waals surface area contributed by atoms with Gasteiger partial charge in [0.1, 0.15) is 11.6 Å². The van der Waals surface area contributed by atoms with Crippen molar-refractivity contribution in [1.29, 1.82) is 0 Å². The zero-order chi connectivity index (χ0) is 12.4. The molecular weight excluding hydrogens is 308 g/mol. The molecule has 0 amide bonds. The first-order chi connectivity index (χ1) is 8.13. The molecular formula is C12H10BrClFNO. The summed E-state index contributed by atoms with van der Waals surface area (Å²) in [5.41, 5.74) is 0.649. The Bertz CT molecular complexity index is 529. The zero-order valence-corrected chi connectivity index (χ0v) is 11.3. The third-order valence-electron chi connectivity index (χ3n) is 2.46. The molecule has 0 saturated heterocycles. The Morgan fingerprint density at radius 3 is 2.71 bits per heavy atom.